The van der Waals surface area contributed by atoms with Crippen LogP contribution in [0, 0.1) is 5.82 Å². The first-order valence-electron chi connectivity index (χ1n) is 7.58. The minimum absolute atomic E-state index is 0.237. The van der Waals surface area contributed by atoms with Gasteiger partial charge in [-0.2, -0.15) is 0 Å². The van der Waals surface area contributed by atoms with Gasteiger partial charge in [0.1, 0.15) is 5.82 Å². The van der Waals surface area contributed by atoms with E-state index in [1.807, 2.05) is 22.8 Å². The molecule has 8 heteroatoms. The average molecular weight is 423 g/mol. The van der Waals surface area contributed by atoms with Crippen LogP contribution in [0.1, 0.15) is 5.56 Å². The number of aromatic nitrogens is 4. The number of halogens is 2. The highest BCUT2D eigenvalue weighted by Gasteiger charge is 2.15. The average Bonchev–Trinajstić information content (AvgIpc) is 3.02. The van der Waals surface area contributed by atoms with E-state index in [1.165, 1.54) is 17.8 Å². The summed E-state index contributed by atoms with van der Waals surface area (Å²) >= 11 is 4.72. The number of benzene rings is 1. The van der Waals surface area contributed by atoms with Crippen LogP contribution in [0.2, 0.25) is 0 Å². The van der Waals surface area contributed by atoms with E-state index in [0.29, 0.717) is 24.5 Å². The van der Waals surface area contributed by atoms with Gasteiger partial charge in [-0.15, -0.1) is 10.2 Å². The largest absolute Gasteiger partial charge is 0.383 e. The first-order valence-corrected chi connectivity index (χ1v) is 9.36. The molecule has 0 unspecified atom stereocenters. The molecule has 0 fully saturated rings. The van der Waals surface area contributed by atoms with Crippen molar-refractivity contribution in [2.75, 3.05) is 13.7 Å². The van der Waals surface area contributed by atoms with Crippen LogP contribution < -0.4 is 0 Å². The van der Waals surface area contributed by atoms with E-state index in [4.69, 9.17) is 4.74 Å². The number of thioether (sulfide) groups is 1. The van der Waals surface area contributed by atoms with Crippen molar-refractivity contribution < 1.29 is 9.13 Å². The Kier molecular flexibility index (Phi) is 6.17. The van der Waals surface area contributed by atoms with Crippen molar-refractivity contribution in [3.63, 3.8) is 0 Å². The molecule has 2 heterocycles. The summed E-state index contributed by atoms with van der Waals surface area (Å²) in [7, 11) is 1.65. The fourth-order valence-electron chi connectivity index (χ4n) is 2.28. The third-order valence-electron chi connectivity index (χ3n) is 3.55. The molecule has 0 saturated carbocycles. The van der Waals surface area contributed by atoms with Crippen molar-refractivity contribution in [2.24, 2.45) is 0 Å². The van der Waals surface area contributed by atoms with Crippen molar-refractivity contribution in [3.8, 4) is 11.4 Å². The summed E-state index contributed by atoms with van der Waals surface area (Å²) in [6.07, 6.45) is 3.43. The number of hydrogen-bond donors (Lipinski definition) is 0. The Bertz CT molecular complexity index is 844. The zero-order valence-corrected chi connectivity index (χ0v) is 15.9. The van der Waals surface area contributed by atoms with E-state index in [0.717, 1.165) is 21.0 Å². The summed E-state index contributed by atoms with van der Waals surface area (Å²) in [5.41, 5.74) is 1.56. The van der Waals surface area contributed by atoms with Crippen LogP contribution in [0.4, 0.5) is 4.39 Å². The second kappa shape index (κ2) is 8.55. The summed E-state index contributed by atoms with van der Waals surface area (Å²) < 4.78 is 21.9. The quantitative estimate of drug-likeness (QED) is 0.534. The van der Waals surface area contributed by atoms with Crippen molar-refractivity contribution in [2.45, 2.75) is 17.5 Å². The number of hydrogen-bond acceptors (Lipinski definition) is 5. The van der Waals surface area contributed by atoms with Gasteiger partial charge >= 0.3 is 0 Å². The van der Waals surface area contributed by atoms with Crippen LogP contribution >= 0.6 is 27.7 Å². The second-order valence-corrected chi connectivity index (χ2v) is 7.07. The van der Waals surface area contributed by atoms with Gasteiger partial charge in [0.05, 0.1) is 13.2 Å². The van der Waals surface area contributed by atoms with Gasteiger partial charge < -0.3 is 4.74 Å². The topological polar surface area (TPSA) is 52.8 Å². The van der Waals surface area contributed by atoms with Crippen LogP contribution in [0.5, 0.6) is 0 Å². The molecular formula is C17H16BrFN4OS. The maximum absolute atomic E-state index is 14.0. The van der Waals surface area contributed by atoms with Gasteiger partial charge in [0, 0.05) is 35.3 Å². The summed E-state index contributed by atoms with van der Waals surface area (Å²) in [5.74, 6) is 0.984. The number of rotatable bonds is 7. The molecule has 0 aliphatic heterocycles. The van der Waals surface area contributed by atoms with E-state index < -0.39 is 0 Å². The number of pyridine rings is 1. The van der Waals surface area contributed by atoms with Gasteiger partial charge in [0.25, 0.3) is 0 Å². The molecule has 0 amide bonds. The van der Waals surface area contributed by atoms with Gasteiger partial charge in [0.2, 0.25) is 0 Å². The molecule has 0 aliphatic rings. The molecule has 0 radical (unpaired) electrons. The predicted molar refractivity (Wildman–Crippen MR) is 98.8 cm³/mol. The third-order valence-corrected chi connectivity index (χ3v) is 5.06. The van der Waals surface area contributed by atoms with Gasteiger partial charge in [-0.25, -0.2) is 4.39 Å². The Balaban J connectivity index is 1.84. The van der Waals surface area contributed by atoms with Crippen LogP contribution in [0.15, 0.2) is 52.4 Å². The van der Waals surface area contributed by atoms with Crippen molar-refractivity contribution >= 4 is 27.7 Å². The van der Waals surface area contributed by atoms with E-state index in [2.05, 4.69) is 31.1 Å². The molecule has 0 spiro atoms. The molecule has 25 heavy (non-hydrogen) atoms. The molecule has 0 bridgehead atoms. The van der Waals surface area contributed by atoms with Crippen LogP contribution in [-0.2, 0) is 17.0 Å². The zero-order valence-electron chi connectivity index (χ0n) is 13.5. The van der Waals surface area contributed by atoms with Gasteiger partial charge in [-0.3, -0.25) is 9.55 Å². The number of nitrogens with zero attached hydrogens (tertiary/aromatic N) is 4. The molecular weight excluding hydrogens is 407 g/mol. The van der Waals surface area contributed by atoms with E-state index in [-0.39, 0.29) is 5.82 Å². The molecule has 3 rings (SSSR count). The summed E-state index contributed by atoms with van der Waals surface area (Å²) in [6, 6.07) is 8.84. The molecule has 5 nitrogen and oxygen atoms in total. The van der Waals surface area contributed by atoms with Crippen LogP contribution in [0.3, 0.4) is 0 Å². The Morgan fingerprint density at radius 1 is 1.20 bits per heavy atom. The van der Waals surface area contributed by atoms with Crippen LogP contribution in [-0.4, -0.2) is 33.5 Å². The zero-order chi connectivity index (χ0) is 17.6. The molecule has 0 atom stereocenters. The molecule has 0 aliphatic carbocycles. The van der Waals surface area contributed by atoms with E-state index >= 15 is 0 Å². The lowest BCUT2D eigenvalue weighted by molar-refractivity contribution is 0.185. The Labute approximate surface area is 157 Å². The third kappa shape index (κ3) is 4.45. The lowest BCUT2D eigenvalue weighted by atomic mass is 10.2. The standard InChI is InChI=1S/C17H16BrFN4OS/c1-24-9-8-23-16(12-4-6-20-7-5-12)21-22-17(23)25-11-13-2-3-14(18)10-15(13)19/h2-7,10H,8-9,11H2,1H3. The SMILES string of the molecule is COCCn1c(SCc2ccc(Br)cc2F)nnc1-c1ccncc1. The molecule has 3 aromatic rings. The number of ether oxygens (including phenoxy) is 1. The number of methoxy groups -OCH3 is 1. The minimum atomic E-state index is -0.237. The smallest absolute Gasteiger partial charge is 0.191 e. The predicted octanol–water partition coefficient (Wildman–Crippen LogP) is 4.18. The summed E-state index contributed by atoms with van der Waals surface area (Å²) in [5, 5.41) is 9.30. The molecule has 130 valence electrons. The fourth-order valence-corrected chi connectivity index (χ4v) is 3.56. The lowest BCUT2D eigenvalue weighted by Crippen LogP contribution is -2.07. The van der Waals surface area contributed by atoms with E-state index in [1.54, 1.807) is 25.6 Å². The summed E-state index contributed by atoms with van der Waals surface area (Å²) in [6.45, 7) is 1.16. The monoisotopic (exact) mass is 422 g/mol. The molecule has 1 aromatic carbocycles. The van der Waals surface area contributed by atoms with Crippen molar-refractivity contribution in [1.29, 1.82) is 0 Å². The maximum Gasteiger partial charge on any atom is 0.191 e. The lowest BCUT2D eigenvalue weighted by Gasteiger charge is -2.10. The minimum Gasteiger partial charge on any atom is -0.383 e. The van der Waals surface area contributed by atoms with Gasteiger partial charge in [-0.1, -0.05) is 33.8 Å². The van der Waals surface area contributed by atoms with Gasteiger partial charge in [-0.05, 0) is 29.8 Å². The van der Waals surface area contributed by atoms with E-state index in [9.17, 15) is 4.39 Å². The highest BCUT2D eigenvalue weighted by Crippen LogP contribution is 2.27. The van der Waals surface area contributed by atoms with Gasteiger partial charge in [0.15, 0.2) is 11.0 Å². The first kappa shape index (κ1) is 18.0. The Morgan fingerprint density at radius 2 is 2.00 bits per heavy atom. The van der Waals surface area contributed by atoms with Crippen molar-refractivity contribution in [1.82, 2.24) is 19.7 Å². The fraction of sp³-hybridized carbons (Fsp3) is 0.235. The van der Waals surface area contributed by atoms with Crippen molar-refractivity contribution in [3.05, 3.63) is 58.6 Å². The highest BCUT2D eigenvalue weighted by atomic mass is 79.9. The Morgan fingerprint density at radius 3 is 2.72 bits per heavy atom. The molecule has 2 aromatic heterocycles. The molecule has 0 N–H and O–H groups in total. The highest BCUT2D eigenvalue weighted by molar-refractivity contribution is 9.10. The Hall–Kier alpha value is -1.77. The normalized spacial score (nSPS) is 11.0. The maximum atomic E-state index is 14.0. The summed E-state index contributed by atoms with van der Waals surface area (Å²) in [4.78, 5) is 4.03. The van der Waals surface area contributed by atoms with Crippen LogP contribution in [0.25, 0.3) is 11.4 Å². The molecule has 0 saturated heterocycles. The first-order chi connectivity index (χ1) is 12.2. The second-order valence-electron chi connectivity index (χ2n) is 5.21.